The summed E-state index contributed by atoms with van der Waals surface area (Å²) in [6.07, 6.45) is -2.12. The van der Waals surface area contributed by atoms with E-state index in [1.165, 1.54) is 7.11 Å². The number of hydrogen-bond acceptors (Lipinski definition) is 5. The fourth-order valence-corrected chi connectivity index (χ4v) is 2.56. The largest absolute Gasteiger partial charge is 0.468 e. The first-order chi connectivity index (χ1) is 9.40. The number of methoxy groups -OCH3 is 1. The average molecular weight is 292 g/mol. The molecule has 0 radical (unpaired) electrons. The van der Waals surface area contributed by atoms with Crippen LogP contribution < -0.4 is 0 Å². The fraction of sp³-hybridized carbons (Fsp3) is 0.750. The molecule has 1 aromatic heterocycles. The van der Waals surface area contributed by atoms with Crippen LogP contribution in [0.25, 0.3) is 0 Å². The number of hydrogen-bond donors (Lipinski definition) is 0. The van der Waals surface area contributed by atoms with Crippen LogP contribution in [0.4, 0.5) is 13.2 Å². The van der Waals surface area contributed by atoms with Crippen molar-refractivity contribution >= 4 is 5.97 Å². The van der Waals surface area contributed by atoms with Gasteiger partial charge in [-0.25, -0.2) is 0 Å². The van der Waals surface area contributed by atoms with Gasteiger partial charge in [-0.1, -0.05) is 18.0 Å². The first kappa shape index (κ1) is 14.8. The predicted molar refractivity (Wildman–Crippen MR) is 60.8 cm³/mol. The van der Waals surface area contributed by atoms with Crippen LogP contribution in [0.2, 0.25) is 0 Å². The van der Waals surface area contributed by atoms with Crippen molar-refractivity contribution in [2.75, 3.05) is 7.11 Å². The number of carbonyl (C=O) groups is 1. The van der Waals surface area contributed by atoms with Crippen molar-refractivity contribution in [2.24, 2.45) is 5.92 Å². The number of nitrogens with zero attached hydrogens (tertiary/aromatic N) is 2. The average Bonchev–Trinajstić information content (AvgIpc) is 3.00. The van der Waals surface area contributed by atoms with Crippen molar-refractivity contribution in [1.82, 2.24) is 10.1 Å². The molecule has 1 aliphatic rings. The molecular weight excluding hydrogens is 277 g/mol. The van der Waals surface area contributed by atoms with Gasteiger partial charge in [-0.3, -0.25) is 4.79 Å². The second-order valence-corrected chi connectivity index (χ2v) is 4.89. The summed E-state index contributed by atoms with van der Waals surface area (Å²) in [5, 5.41) is 3.30. The maximum absolute atomic E-state index is 12.3. The van der Waals surface area contributed by atoms with E-state index < -0.39 is 30.3 Å². The Labute approximate surface area is 113 Å². The van der Waals surface area contributed by atoms with Crippen LogP contribution in [0.1, 0.15) is 43.3 Å². The van der Waals surface area contributed by atoms with Crippen LogP contribution in [0.15, 0.2) is 4.52 Å². The Morgan fingerprint density at radius 2 is 2.10 bits per heavy atom. The lowest BCUT2D eigenvalue weighted by Gasteiger charge is -2.16. The first-order valence-electron chi connectivity index (χ1n) is 6.38. The maximum atomic E-state index is 12.3. The zero-order valence-electron chi connectivity index (χ0n) is 10.9. The summed E-state index contributed by atoms with van der Waals surface area (Å²) >= 11 is 0. The van der Waals surface area contributed by atoms with E-state index in [9.17, 15) is 18.0 Å². The highest BCUT2D eigenvalue weighted by Crippen LogP contribution is 2.37. The van der Waals surface area contributed by atoms with Crippen LogP contribution in [0, 0.1) is 5.92 Å². The second kappa shape index (κ2) is 5.80. The zero-order valence-corrected chi connectivity index (χ0v) is 10.9. The first-order valence-corrected chi connectivity index (χ1v) is 6.38. The van der Waals surface area contributed by atoms with Gasteiger partial charge in [-0.2, -0.15) is 18.2 Å². The van der Waals surface area contributed by atoms with Crippen molar-refractivity contribution in [2.45, 2.75) is 44.2 Å². The molecule has 1 saturated carbocycles. The molecule has 0 amide bonds. The Morgan fingerprint density at radius 3 is 2.65 bits per heavy atom. The molecule has 5 nitrogen and oxygen atoms in total. The normalized spacial score (nSPS) is 18.2. The van der Waals surface area contributed by atoms with Crippen LogP contribution in [-0.4, -0.2) is 29.4 Å². The maximum Gasteiger partial charge on any atom is 0.396 e. The lowest BCUT2D eigenvalue weighted by molar-refractivity contribution is -0.144. The fourth-order valence-electron chi connectivity index (χ4n) is 2.56. The van der Waals surface area contributed by atoms with Gasteiger partial charge in [0.1, 0.15) is 12.3 Å². The lowest BCUT2D eigenvalue weighted by atomic mass is 9.91. The van der Waals surface area contributed by atoms with Crippen molar-refractivity contribution in [3.63, 3.8) is 0 Å². The molecule has 1 aliphatic carbocycles. The van der Waals surface area contributed by atoms with E-state index in [0.29, 0.717) is 0 Å². The molecule has 1 fully saturated rings. The number of alkyl halides is 3. The van der Waals surface area contributed by atoms with Crippen LogP contribution in [0.5, 0.6) is 0 Å². The van der Waals surface area contributed by atoms with Gasteiger partial charge in [0.05, 0.1) is 7.11 Å². The molecule has 0 spiro atoms. The molecule has 0 saturated heterocycles. The van der Waals surface area contributed by atoms with E-state index in [0.717, 1.165) is 25.7 Å². The molecule has 2 rings (SSSR count). The predicted octanol–water partition coefficient (Wildman–Crippen LogP) is 2.62. The minimum Gasteiger partial charge on any atom is -0.468 e. The van der Waals surface area contributed by atoms with Crippen molar-refractivity contribution < 1.29 is 27.2 Å². The zero-order chi connectivity index (χ0) is 14.8. The third-order valence-corrected chi connectivity index (χ3v) is 3.43. The number of ether oxygens (including phenoxy) is 1. The molecule has 0 aliphatic heterocycles. The summed E-state index contributed by atoms with van der Waals surface area (Å²) < 4.78 is 46.3. The molecule has 1 aromatic rings. The summed E-state index contributed by atoms with van der Waals surface area (Å²) in [6, 6.07) is 0. The van der Waals surface area contributed by atoms with Crippen LogP contribution >= 0.6 is 0 Å². The highest BCUT2D eigenvalue weighted by atomic mass is 19.4. The molecular formula is C12H15F3N2O3. The molecule has 0 aromatic carbocycles. The SMILES string of the molecule is COC(=O)C(c1nc(CC(F)(F)F)no1)C1CCCC1. The minimum atomic E-state index is -4.41. The van der Waals surface area contributed by atoms with Gasteiger partial charge in [0.15, 0.2) is 5.82 Å². The van der Waals surface area contributed by atoms with Gasteiger partial charge in [-0.15, -0.1) is 0 Å². The van der Waals surface area contributed by atoms with Gasteiger partial charge < -0.3 is 9.26 Å². The monoisotopic (exact) mass is 292 g/mol. The smallest absolute Gasteiger partial charge is 0.396 e. The highest BCUT2D eigenvalue weighted by Gasteiger charge is 2.38. The third kappa shape index (κ3) is 3.49. The Balaban J connectivity index is 2.18. The van der Waals surface area contributed by atoms with Crippen LogP contribution in [0.3, 0.4) is 0 Å². The summed E-state index contributed by atoms with van der Waals surface area (Å²) in [5.74, 6) is -1.86. The lowest BCUT2D eigenvalue weighted by Crippen LogP contribution is -2.22. The van der Waals surface area contributed by atoms with Crippen LogP contribution in [-0.2, 0) is 16.0 Å². The number of aromatic nitrogens is 2. The minimum absolute atomic E-state index is 0.0124. The molecule has 1 atom stereocenters. The quantitative estimate of drug-likeness (QED) is 0.798. The van der Waals surface area contributed by atoms with E-state index >= 15 is 0 Å². The van der Waals surface area contributed by atoms with Gasteiger partial charge in [0.2, 0.25) is 5.89 Å². The number of halogens is 3. The Bertz CT molecular complexity index is 467. The highest BCUT2D eigenvalue weighted by molar-refractivity contribution is 5.77. The Morgan fingerprint density at radius 1 is 1.45 bits per heavy atom. The summed E-state index contributed by atoms with van der Waals surface area (Å²) in [6.45, 7) is 0. The van der Waals surface area contributed by atoms with E-state index in [2.05, 4.69) is 10.1 Å². The summed E-state index contributed by atoms with van der Waals surface area (Å²) in [5.41, 5.74) is 0. The van der Waals surface area contributed by atoms with Crippen molar-refractivity contribution in [1.29, 1.82) is 0 Å². The number of carbonyl (C=O) groups excluding carboxylic acids is 1. The molecule has 0 N–H and O–H groups in total. The topological polar surface area (TPSA) is 65.2 Å². The third-order valence-electron chi connectivity index (χ3n) is 3.43. The Kier molecular flexibility index (Phi) is 4.29. The van der Waals surface area contributed by atoms with E-state index in [-0.39, 0.29) is 11.8 Å². The van der Waals surface area contributed by atoms with E-state index in [4.69, 9.17) is 9.26 Å². The van der Waals surface area contributed by atoms with Crippen molar-refractivity contribution in [3.05, 3.63) is 11.7 Å². The van der Waals surface area contributed by atoms with E-state index in [1.54, 1.807) is 0 Å². The molecule has 1 unspecified atom stereocenters. The molecule has 0 bridgehead atoms. The van der Waals surface area contributed by atoms with Gasteiger partial charge >= 0.3 is 12.1 Å². The van der Waals surface area contributed by atoms with Gasteiger partial charge in [-0.05, 0) is 18.8 Å². The molecule has 20 heavy (non-hydrogen) atoms. The molecule has 1 heterocycles. The summed E-state index contributed by atoms with van der Waals surface area (Å²) in [7, 11) is 1.23. The molecule has 112 valence electrons. The van der Waals surface area contributed by atoms with Crippen molar-refractivity contribution in [3.8, 4) is 0 Å². The van der Waals surface area contributed by atoms with E-state index in [1.807, 2.05) is 0 Å². The standard InChI is InChI=1S/C12H15F3N2O3/c1-19-11(18)9(7-4-2-3-5-7)10-16-8(17-20-10)6-12(13,14)15/h7,9H,2-6H2,1H3. The number of rotatable bonds is 4. The van der Waals surface area contributed by atoms with Gasteiger partial charge in [0.25, 0.3) is 0 Å². The second-order valence-electron chi connectivity index (χ2n) is 4.89. The molecule has 8 heteroatoms. The summed E-state index contributed by atoms with van der Waals surface area (Å²) in [4.78, 5) is 15.5. The Hall–Kier alpha value is -1.60. The number of esters is 1. The van der Waals surface area contributed by atoms with Gasteiger partial charge in [0, 0.05) is 0 Å².